The number of hydrogen-bond acceptors (Lipinski definition) is 4. The Balaban J connectivity index is 2.44. The van der Waals surface area contributed by atoms with Crippen molar-refractivity contribution in [3.8, 4) is 11.5 Å². The van der Waals surface area contributed by atoms with Crippen LogP contribution in [0.3, 0.4) is 0 Å². The summed E-state index contributed by atoms with van der Waals surface area (Å²) in [6.45, 7) is 9.45. The van der Waals surface area contributed by atoms with Gasteiger partial charge in [0, 0.05) is 25.2 Å². The highest BCUT2D eigenvalue weighted by Crippen LogP contribution is 2.22. The number of benzene rings is 1. The summed E-state index contributed by atoms with van der Waals surface area (Å²) in [5.74, 6) is 2.34. The van der Waals surface area contributed by atoms with Gasteiger partial charge < -0.3 is 20.1 Å². The Bertz CT molecular complexity index is 372. The van der Waals surface area contributed by atoms with Gasteiger partial charge in [0.2, 0.25) is 0 Å². The van der Waals surface area contributed by atoms with E-state index in [9.17, 15) is 0 Å². The molecule has 1 atom stereocenters. The lowest BCUT2D eigenvalue weighted by molar-refractivity contribution is 0.392. The van der Waals surface area contributed by atoms with Crippen LogP contribution in [0, 0.1) is 5.92 Å². The van der Waals surface area contributed by atoms with Crippen molar-refractivity contribution >= 4 is 0 Å². The second-order valence-corrected chi connectivity index (χ2v) is 5.55. The number of nitrogens with one attached hydrogen (secondary N) is 2. The van der Waals surface area contributed by atoms with E-state index in [0.29, 0.717) is 12.0 Å². The van der Waals surface area contributed by atoms with Crippen LogP contribution in [0.5, 0.6) is 11.5 Å². The average molecular weight is 280 g/mol. The van der Waals surface area contributed by atoms with Gasteiger partial charge in [-0.2, -0.15) is 0 Å². The second-order valence-electron chi connectivity index (χ2n) is 5.55. The summed E-state index contributed by atoms with van der Waals surface area (Å²) in [5, 5.41) is 6.96. The summed E-state index contributed by atoms with van der Waals surface area (Å²) >= 11 is 0. The van der Waals surface area contributed by atoms with E-state index in [2.05, 4.69) is 31.4 Å². The fourth-order valence-corrected chi connectivity index (χ4v) is 1.92. The molecule has 0 aliphatic rings. The lowest BCUT2D eigenvalue weighted by atomic mass is 10.2. The van der Waals surface area contributed by atoms with E-state index < -0.39 is 0 Å². The van der Waals surface area contributed by atoms with Crippen molar-refractivity contribution in [2.24, 2.45) is 5.92 Å². The largest absolute Gasteiger partial charge is 0.497 e. The first-order chi connectivity index (χ1) is 9.55. The van der Waals surface area contributed by atoms with Crippen LogP contribution in [-0.4, -0.2) is 33.4 Å². The maximum absolute atomic E-state index is 5.28. The molecule has 0 aromatic heterocycles. The Morgan fingerprint density at radius 2 is 1.55 bits per heavy atom. The number of ether oxygens (including phenoxy) is 2. The number of hydrogen-bond donors (Lipinski definition) is 2. The quantitative estimate of drug-likeness (QED) is 0.729. The molecule has 1 unspecified atom stereocenters. The number of rotatable bonds is 9. The van der Waals surface area contributed by atoms with Crippen LogP contribution in [0.15, 0.2) is 18.2 Å². The molecule has 0 saturated heterocycles. The van der Waals surface area contributed by atoms with Gasteiger partial charge in [-0.25, -0.2) is 0 Å². The highest BCUT2D eigenvalue weighted by molar-refractivity contribution is 5.38. The molecule has 4 heteroatoms. The van der Waals surface area contributed by atoms with Crippen LogP contribution >= 0.6 is 0 Å². The third kappa shape index (κ3) is 6.26. The molecule has 0 spiro atoms. The van der Waals surface area contributed by atoms with E-state index in [-0.39, 0.29) is 0 Å². The first-order valence-corrected chi connectivity index (χ1v) is 7.21. The van der Waals surface area contributed by atoms with Crippen molar-refractivity contribution in [2.45, 2.75) is 33.4 Å². The molecule has 1 aromatic rings. The molecular weight excluding hydrogens is 252 g/mol. The molecule has 0 fully saturated rings. The molecule has 0 radical (unpaired) electrons. The summed E-state index contributed by atoms with van der Waals surface area (Å²) in [6, 6.07) is 6.37. The molecule has 0 heterocycles. The maximum Gasteiger partial charge on any atom is 0.122 e. The Kier molecular flexibility index (Phi) is 7.41. The zero-order valence-corrected chi connectivity index (χ0v) is 13.3. The third-order valence-corrected chi connectivity index (χ3v) is 3.07. The van der Waals surface area contributed by atoms with Crippen LogP contribution in [0.2, 0.25) is 0 Å². The highest BCUT2D eigenvalue weighted by Gasteiger charge is 2.05. The van der Waals surface area contributed by atoms with Crippen LogP contribution in [0.1, 0.15) is 26.3 Å². The predicted octanol–water partition coefficient (Wildman–Crippen LogP) is 2.43. The summed E-state index contributed by atoms with van der Waals surface area (Å²) < 4.78 is 10.6. The second kappa shape index (κ2) is 8.82. The first kappa shape index (κ1) is 16.8. The van der Waals surface area contributed by atoms with Crippen molar-refractivity contribution in [3.05, 3.63) is 23.8 Å². The Morgan fingerprint density at radius 3 is 2.05 bits per heavy atom. The summed E-state index contributed by atoms with van der Waals surface area (Å²) in [5.41, 5.74) is 1.16. The van der Waals surface area contributed by atoms with Crippen LogP contribution in [0.25, 0.3) is 0 Å². The van der Waals surface area contributed by atoms with Crippen LogP contribution in [-0.2, 0) is 6.54 Å². The standard InChI is InChI=1S/C16H28N2O2/c1-12(2)9-17-10-13(3)18-11-14-6-15(19-4)8-16(7-14)20-5/h6-8,12-13,17-18H,9-11H2,1-5H3. The molecule has 0 aliphatic carbocycles. The van der Waals surface area contributed by atoms with Gasteiger partial charge in [-0.3, -0.25) is 0 Å². The van der Waals surface area contributed by atoms with E-state index in [1.165, 1.54) is 0 Å². The molecule has 2 N–H and O–H groups in total. The van der Waals surface area contributed by atoms with E-state index in [1.807, 2.05) is 18.2 Å². The molecule has 0 amide bonds. The van der Waals surface area contributed by atoms with Crippen LogP contribution < -0.4 is 20.1 Å². The monoisotopic (exact) mass is 280 g/mol. The van der Waals surface area contributed by atoms with E-state index >= 15 is 0 Å². The van der Waals surface area contributed by atoms with Gasteiger partial charge in [0.25, 0.3) is 0 Å². The van der Waals surface area contributed by atoms with Crippen molar-refractivity contribution < 1.29 is 9.47 Å². The minimum absolute atomic E-state index is 0.422. The Morgan fingerprint density at radius 1 is 0.950 bits per heavy atom. The van der Waals surface area contributed by atoms with Crippen molar-refractivity contribution in [3.63, 3.8) is 0 Å². The normalized spacial score (nSPS) is 12.5. The lowest BCUT2D eigenvalue weighted by Crippen LogP contribution is -2.37. The van der Waals surface area contributed by atoms with Gasteiger partial charge in [-0.05, 0) is 37.1 Å². The van der Waals surface area contributed by atoms with Crippen molar-refractivity contribution in [1.29, 1.82) is 0 Å². The lowest BCUT2D eigenvalue weighted by Gasteiger charge is -2.16. The maximum atomic E-state index is 5.28. The fourth-order valence-electron chi connectivity index (χ4n) is 1.92. The molecule has 114 valence electrons. The summed E-state index contributed by atoms with van der Waals surface area (Å²) in [7, 11) is 3.34. The first-order valence-electron chi connectivity index (χ1n) is 7.21. The van der Waals surface area contributed by atoms with Gasteiger partial charge >= 0.3 is 0 Å². The van der Waals surface area contributed by atoms with Crippen molar-refractivity contribution in [1.82, 2.24) is 10.6 Å². The summed E-state index contributed by atoms with van der Waals surface area (Å²) in [4.78, 5) is 0. The topological polar surface area (TPSA) is 42.5 Å². The zero-order valence-electron chi connectivity index (χ0n) is 13.3. The molecule has 0 saturated carbocycles. The molecule has 20 heavy (non-hydrogen) atoms. The smallest absolute Gasteiger partial charge is 0.122 e. The SMILES string of the molecule is COc1cc(CNC(C)CNCC(C)C)cc(OC)c1. The molecule has 1 aromatic carbocycles. The molecule has 4 nitrogen and oxygen atoms in total. The Labute approximate surface area is 122 Å². The molecule has 0 bridgehead atoms. The highest BCUT2D eigenvalue weighted by atomic mass is 16.5. The third-order valence-electron chi connectivity index (χ3n) is 3.07. The van der Waals surface area contributed by atoms with E-state index in [1.54, 1.807) is 14.2 Å². The van der Waals surface area contributed by atoms with Crippen molar-refractivity contribution in [2.75, 3.05) is 27.3 Å². The zero-order chi connectivity index (χ0) is 15.0. The molecular formula is C16H28N2O2. The van der Waals surface area contributed by atoms with Gasteiger partial charge in [0.05, 0.1) is 14.2 Å². The van der Waals surface area contributed by atoms with E-state index in [0.717, 1.165) is 36.7 Å². The summed E-state index contributed by atoms with van der Waals surface area (Å²) in [6.07, 6.45) is 0. The Hall–Kier alpha value is -1.26. The van der Waals surface area contributed by atoms with Gasteiger partial charge in [0.15, 0.2) is 0 Å². The number of methoxy groups -OCH3 is 2. The fraction of sp³-hybridized carbons (Fsp3) is 0.625. The van der Waals surface area contributed by atoms with Crippen LogP contribution in [0.4, 0.5) is 0 Å². The minimum atomic E-state index is 0.422. The van der Waals surface area contributed by atoms with Gasteiger partial charge in [-0.15, -0.1) is 0 Å². The van der Waals surface area contributed by atoms with E-state index in [4.69, 9.17) is 9.47 Å². The predicted molar refractivity (Wildman–Crippen MR) is 83.6 cm³/mol. The molecule has 1 rings (SSSR count). The van der Waals surface area contributed by atoms with Gasteiger partial charge in [0.1, 0.15) is 11.5 Å². The molecule has 0 aliphatic heterocycles. The average Bonchev–Trinajstić information content (AvgIpc) is 2.44. The minimum Gasteiger partial charge on any atom is -0.497 e. The van der Waals surface area contributed by atoms with Gasteiger partial charge in [-0.1, -0.05) is 13.8 Å².